The molecule has 0 radical (unpaired) electrons. The summed E-state index contributed by atoms with van der Waals surface area (Å²) >= 11 is 0. The molecule has 0 aliphatic carbocycles. The molecule has 1 amide bonds. The smallest absolute Gasteiger partial charge is 0.223 e. The lowest BCUT2D eigenvalue weighted by Gasteiger charge is -2.40. The molecule has 5 nitrogen and oxygen atoms in total. The highest BCUT2D eigenvalue weighted by Crippen LogP contribution is 2.23. The lowest BCUT2D eigenvalue weighted by atomic mass is 10.1. The molecule has 1 atom stereocenters. The van der Waals surface area contributed by atoms with Gasteiger partial charge in [-0.3, -0.25) is 9.69 Å². The Labute approximate surface area is 137 Å². The molecule has 0 bridgehead atoms. The second-order valence-electron chi connectivity index (χ2n) is 5.94. The van der Waals surface area contributed by atoms with E-state index >= 15 is 0 Å². The van der Waals surface area contributed by atoms with E-state index in [-0.39, 0.29) is 11.9 Å². The fraction of sp³-hybridized carbons (Fsp3) is 0.444. The molecule has 122 valence electrons. The highest BCUT2D eigenvalue weighted by atomic mass is 16.2. The van der Waals surface area contributed by atoms with Crippen LogP contribution in [0.5, 0.6) is 0 Å². The van der Waals surface area contributed by atoms with Crippen molar-refractivity contribution in [3.8, 4) is 0 Å². The lowest BCUT2D eigenvalue weighted by molar-refractivity contribution is -0.134. The fourth-order valence-electron chi connectivity index (χ4n) is 3.20. The Morgan fingerprint density at radius 1 is 1.30 bits per heavy atom. The molecule has 1 aromatic heterocycles. The van der Waals surface area contributed by atoms with Gasteiger partial charge < -0.3 is 9.88 Å². The van der Waals surface area contributed by atoms with E-state index in [4.69, 9.17) is 0 Å². The summed E-state index contributed by atoms with van der Waals surface area (Å²) in [5, 5.41) is 0. The number of nitrogens with zero attached hydrogens (tertiary/aromatic N) is 3. The number of amides is 1. The summed E-state index contributed by atoms with van der Waals surface area (Å²) in [6.45, 7) is 5.55. The first kappa shape index (κ1) is 15.7. The van der Waals surface area contributed by atoms with Gasteiger partial charge in [-0.2, -0.15) is 0 Å². The molecule has 0 spiro atoms. The molecular formula is C18H24N4O. The van der Waals surface area contributed by atoms with Crippen molar-refractivity contribution >= 4 is 5.91 Å². The molecule has 1 aromatic carbocycles. The number of H-pyrrole nitrogens is 1. The van der Waals surface area contributed by atoms with Crippen LogP contribution >= 0.6 is 0 Å². The Kier molecular flexibility index (Phi) is 5.08. The molecule has 1 fully saturated rings. The van der Waals surface area contributed by atoms with Crippen LogP contribution in [0.15, 0.2) is 42.7 Å². The number of aromatic nitrogens is 2. The zero-order valence-corrected chi connectivity index (χ0v) is 13.6. The molecule has 2 aromatic rings. The van der Waals surface area contributed by atoms with Gasteiger partial charge >= 0.3 is 0 Å². The first-order valence-corrected chi connectivity index (χ1v) is 8.33. The number of hydrogen-bond donors (Lipinski definition) is 1. The first-order valence-electron chi connectivity index (χ1n) is 8.33. The SMILES string of the molecule is CCN1CCN(C(=O)CCc2ccccc2)C[C@@H]1c1ncc[nH]1. The Hall–Kier alpha value is -2.14. The zero-order valence-electron chi connectivity index (χ0n) is 13.6. The molecule has 5 heteroatoms. The van der Waals surface area contributed by atoms with Gasteiger partial charge in [0.05, 0.1) is 6.04 Å². The largest absolute Gasteiger partial charge is 0.347 e. The van der Waals surface area contributed by atoms with Crippen molar-refractivity contribution in [2.45, 2.75) is 25.8 Å². The number of imidazole rings is 1. The van der Waals surface area contributed by atoms with E-state index < -0.39 is 0 Å². The predicted octanol–water partition coefficient (Wildman–Crippen LogP) is 2.25. The van der Waals surface area contributed by atoms with E-state index in [0.29, 0.717) is 6.42 Å². The molecule has 1 saturated heterocycles. The molecule has 1 N–H and O–H groups in total. The average Bonchev–Trinajstić information content (AvgIpc) is 3.14. The molecule has 23 heavy (non-hydrogen) atoms. The molecule has 0 unspecified atom stereocenters. The van der Waals surface area contributed by atoms with E-state index in [0.717, 1.165) is 38.4 Å². The van der Waals surface area contributed by atoms with Crippen LogP contribution in [0.4, 0.5) is 0 Å². The maximum absolute atomic E-state index is 12.6. The summed E-state index contributed by atoms with van der Waals surface area (Å²) in [6, 6.07) is 10.4. The average molecular weight is 312 g/mol. The minimum atomic E-state index is 0.171. The van der Waals surface area contributed by atoms with E-state index in [9.17, 15) is 4.79 Å². The molecule has 1 aliphatic heterocycles. The normalized spacial score (nSPS) is 19.0. The monoisotopic (exact) mass is 312 g/mol. The molecule has 2 heterocycles. The Morgan fingerprint density at radius 2 is 2.13 bits per heavy atom. The van der Waals surface area contributed by atoms with E-state index in [1.54, 1.807) is 6.20 Å². The van der Waals surface area contributed by atoms with Crippen LogP contribution in [0.25, 0.3) is 0 Å². The van der Waals surface area contributed by atoms with Gasteiger partial charge in [-0.05, 0) is 18.5 Å². The molecule has 3 rings (SSSR count). The fourth-order valence-corrected chi connectivity index (χ4v) is 3.20. The number of carbonyl (C=O) groups excluding carboxylic acids is 1. The van der Waals surface area contributed by atoms with Crippen molar-refractivity contribution in [2.24, 2.45) is 0 Å². The van der Waals surface area contributed by atoms with Crippen LogP contribution in [0.3, 0.4) is 0 Å². The lowest BCUT2D eigenvalue weighted by Crippen LogP contribution is -2.50. The maximum Gasteiger partial charge on any atom is 0.223 e. The number of likely N-dealkylation sites (N-methyl/N-ethyl adjacent to an activating group) is 1. The van der Waals surface area contributed by atoms with Crippen LogP contribution in [-0.4, -0.2) is 51.9 Å². The standard InChI is InChI=1S/C18H24N4O/c1-2-21-12-13-22(14-16(21)18-19-10-11-20-18)17(23)9-8-15-6-4-3-5-7-15/h3-7,10-11,16H,2,8-9,12-14H2,1H3,(H,19,20)/t16-/m1/s1. The van der Waals surface area contributed by atoms with Crippen LogP contribution in [-0.2, 0) is 11.2 Å². The van der Waals surface area contributed by atoms with Gasteiger partial charge in [-0.25, -0.2) is 4.98 Å². The van der Waals surface area contributed by atoms with Gasteiger partial charge in [0.15, 0.2) is 0 Å². The van der Waals surface area contributed by atoms with E-state index in [1.807, 2.05) is 29.3 Å². The zero-order chi connectivity index (χ0) is 16.1. The van der Waals surface area contributed by atoms with Crippen molar-refractivity contribution < 1.29 is 4.79 Å². The Morgan fingerprint density at radius 3 is 2.83 bits per heavy atom. The summed E-state index contributed by atoms with van der Waals surface area (Å²) in [4.78, 5) is 24.5. The number of benzene rings is 1. The molecule has 1 aliphatic rings. The third kappa shape index (κ3) is 3.79. The van der Waals surface area contributed by atoms with Gasteiger partial charge in [-0.15, -0.1) is 0 Å². The topological polar surface area (TPSA) is 52.2 Å². The summed E-state index contributed by atoms with van der Waals surface area (Å²) in [6.07, 6.45) is 5.00. The Bertz CT molecular complexity index is 611. The first-order chi connectivity index (χ1) is 11.3. The highest BCUT2D eigenvalue weighted by Gasteiger charge is 2.30. The van der Waals surface area contributed by atoms with Gasteiger partial charge in [0.25, 0.3) is 0 Å². The van der Waals surface area contributed by atoms with Crippen molar-refractivity contribution in [3.05, 3.63) is 54.1 Å². The molecular weight excluding hydrogens is 288 g/mol. The third-order valence-electron chi connectivity index (χ3n) is 4.56. The predicted molar refractivity (Wildman–Crippen MR) is 89.9 cm³/mol. The summed E-state index contributed by atoms with van der Waals surface area (Å²) in [5.41, 5.74) is 1.22. The number of aromatic amines is 1. The number of nitrogens with one attached hydrogen (secondary N) is 1. The van der Waals surface area contributed by atoms with Crippen LogP contribution in [0.1, 0.15) is 30.8 Å². The second kappa shape index (κ2) is 7.42. The summed E-state index contributed by atoms with van der Waals surface area (Å²) < 4.78 is 0. The van der Waals surface area contributed by atoms with E-state index in [2.05, 4.69) is 33.9 Å². The van der Waals surface area contributed by atoms with Crippen LogP contribution in [0.2, 0.25) is 0 Å². The van der Waals surface area contributed by atoms with Crippen molar-refractivity contribution in [1.29, 1.82) is 0 Å². The number of aryl methyl sites for hydroxylation is 1. The van der Waals surface area contributed by atoms with Crippen molar-refractivity contribution in [3.63, 3.8) is 0 Å². The second-order valence-corrected chi connectivity index (χ2v) is 5.94. The number of carbonyl (C=O) groups is 1. The van der Waals surface area contributed by atoms with Gasteiger partial charge in [0, 0.05) is 38.4 Å². The van der Waals surface area contributed by atoms with Crippen molar-refractivity contribution in [2.75, 3.05) is 26.2 Å². The van der Waals surface area contributed by atoms with Gasteiger partial charge in [0.2, 0.25) is 5.91 Å². The van der Waals surface area contributed by atoms with Crippen molar-refractivity contribution in [1.82, 2.24) is 19.8 Å². The third-order valence-corrected chi connectivity index (χ3v) is 4.56. The minimum Gasteiger partial charge on any atom is -0.347 e. The maximum atomic E-state index is 12.6. The number of rotatable bonds is 5. The quantitative estimate of drug-likeness (QED) is 0.921. The van der Waals surface area contributed by atoms with Gasteiger partial charge in [-0.1, -0.05) is 37.3 Å². The highest BCUT2D eigenvalue weighted by molar-refractivity contribution is 5.76. The minimum absolute atomic E-state index is 0.171. The number of hydrogen-bond acceptors (Lipinski definition) is 3. The van der Waals surface area contributed by atoms with Crippen LogP contribution < -0.4 is 0 Å². The number of piperazine rings is 1. The Balaban J connectivity index is 1.60. The van der Waals surface area contributed by atoms with Gasteiger partial charge in [0.1, 0.15) is 5.82 Å². The molecule has 0 saturated carbocycles. The summed E-state index contributed by atoms with van der Waals surface area (Å²) in [7, 11) is 0. The summed E-state index contributed by atoms with van der Waals surface area (Å²) in [5.74, 6) is 1.19. The van der Waals surface area contributed by atoms with Crippen LogP contribution in [0, 0.1) is 0 Å². The van der Waals surface area contributed by atoms with E-state index in [1.165, 1.54) is 5.56 Å².